The molecular formula is C18H16N2O3. The second-order valence-corrected chi connectivity index (χ2v) is 5.11. The van der Waals surface area contributed by atoms with Crippen LogP contribution in [0.25, 0.3) is 0 Å². The molecule has 0 unspecified atom stereocenters. The quantitative estimate of drug-likeness (QED) is 0.800. The maximum atomic E-state index is 12.1. The molecule has 0 aliphatic heterocycles. The van der Waals surface area contributed by atoms with Crippen molar-refractivity contribution < 1.29 is 14.7 Å². The van der Waals surface area contributed by atoms with Gasteiger partial charge in [-0.2, -0.15) is 5.26 Å². The maximum Gasteiger partial charge on any atom is 0.316 e. The molecule has 116 valence electrons. The molecule has 0 aromatic heterocycles. The van der Waals surface area contributed by atoms with E-state index in [0.717, 1.165) is 5.56 Å². The Morgan fingerprint density at radius 1 is 1.04 bits per heavy atom. The van der Waals surface area contributed by atoms with Crippen LogP contribution in [0.15, 0.2) is 54.6 Å². The van der Waals surface area contributed by atoms with Gasteiger partial charge >= 0.3 is 5.97 Å². The van der Waals surface area contributed by atoms with Crippen molar-refractivity contribution in [2.75, 3.05) is 0 Å². The molecule has 0 aliphatic rings. The molecule has 0 spiro atoms. The molecule has 2 aromatic carbocycles. The monoisotopic (exact) mass is 308 g/mol. The third-order valence-electron chi connectivity index (χ3n) is 3.45. The summed E-state index contributed by atoms with van der Waals surface area (Å²) in [6.45, 7) is 0.289. The Bertz CT molecular complexity index is 718. The van der Waals surface area contributed by atoms with Crippen molar-refractivity contribution in [1.29, 1.82) is 5.26 Å². The first-order valence-electron chi connectivity index (χ1n) is 7.13. The lowest BCUT2D eigenvalue weighted by molar-refractivity contribution is -0.147. The number of amides is 1. The third-order valence-corrected chi connectivity index (χ3v) is 3.45. The molecule has 2 N–H and O–H groups in total. The highest BCUT2D eigenvalue weighted by Crippen LogP contribution is 2.11. The Morgan fingerprint density at radius 2 is 1.70 bits per heavy atom. The van der Waals surface area contributed by atoms with Gasteiger partial charge in [0.15, 0.2) is 0 Å². The molecule has 0 fully saturated rings. The van der Waals surface area contributed by atoms with Crippen LogP contribution in [-0.4, -0.2) is 17.0 Å². The number of nitrogens with one attached hydrogen (secondary N) is 1. The molecule has 5 nitrogen and oxygen atoms in total. The van der Waals surface area contributed by atoms with Crippen LogP contribution in [0.2, 0.25) is 0 Å². The number of hydrogen-bond donors (Lipinski definition) is 2. The summed E-state index contributed by atoms with van der Waals surface area (Å²) in [6.07, 6.45) is 0.0850. The number of nitriles is 1. The Balaban J connectivity index is 2.01. The normalized spacial score (nSPS) is 11.3. The molecule has 2 aromatic rings. The lowest BCUT2D eigenvalue weighted by Gasteiger charge is -2.13. The van der Waals surface area contributed by atoms with E-state index < -0.39 is 17.8 Å². The minimum absolute atomic E-state index is 0.0850. The van der Waals surface area contributed by atoms with Crippen molar-refractivity contribution in [2.24, 2.45) is 5.92 Å². The van der Waals surface area contributed by atoms with E-state index >= 15 is 0 Å². The number of carboxylic acids is 1. The van der Waals surface area contributed by atoms with Gasteiger partial charge in [-0.1, -0.05) is 42.5 Å². The fourth-order valence-electron chi connectivity index (χ4n) is 2.15. The topological polar surface area (TPSA) is 90.2 Å². The van der Waals surface area contributed by atoms with Crippen molar-refractivity contribution in [3.8, 4) is 6.07 Å². The average molecular weight is 308 g/mol. The van der Waals surface area contributed by atoms with E-state index in [-0.39, 0.29) is 13.0 Å². The fraction of sp³-hybridized carbons (Fsp3) is 0.167. The van der Waals surface area contributed by atoms with Gasteiger partial charge in [0.2, 0.25) is 5.91 Å². The van der Waals surface area contributed by atoms with E-state index in [1.54, 1.807) is 24.3 Å². The summed E-state index contributed by atoms with van der Waals surface area (Å²) >= 11 is 0. The van der Waals surface area contributed by atoms with E-state index in [1.165, 1.54) is 0 Å². The largest absolute Gasteiger partial charge is 0.481 e. The van der Waals surface area contributed by atoms with Crippen LogP contribution in [0.3, 0.4) is 0 Å². The van der Waals surface area contributed by atoms with Crippen molar-refractivity contribution in [3.05, 3.63) is 71.3 Å². The zero-order valence-corrected chi connectivity index (χ0v) is 12.4. The lowest BCUT2D eigenvalue weighted by Crippen LogP contribution is -2.36. The summed E-state index contributed by atoms with van der Waals surface area (Å²) in [6, 6.07) is 17.8. The van der Waals surface area contributed by atoms with E-state index in [9.17, 15) is 14.7 Å². The standard InChI is InChI=1S/C18H16N2O3/c19-11-14-8-6-13(7-9-14)10-16(18(22)23)17(21)20-12-15-4-2-1-3-5-15/h1-9,16H,10,12H2,(H,20,21)(H,22,23)/t16-/m1/s1. The van der Waals surface area contributed by atoms with E-state index in [2.05, 4.69) is 5.32 Å². The zero-order chi connectivity index (χ0) is 16.7. The number of carbonyl (C=O) groups is 2. The maximum absolute atomic E-state index is 12.1. The first kappa shape index (κ1) is 16.2. The zero-order valence-electron chi connectivity index (χ0n) is 12.4. The molecule has 0 radical (unpaired) electrons. The van der Waals surface area contributed by atoms with Crippen LogP contribution >= 0.6 is 0 Å². The van der Waals surface area contributed by atoms with E-state index in [0.29, 0.717) is 11.1 Å². The Kier molecular flexibility index (Phi) is 5.48. The van der Waals surface area contributed by atoms with Gasteiger partial charge in [0, 0.05) is 6.54 Å². The number of carbonyl (C=O) groups excluding carboxylic acids is 1. The summed E-state index contributed by atoms with van der Waals surface area (Å²) in [7, 11) is 0. The molecule has 0 bridgehead atoms. The molecule has 1 atom stereocenters. The molecule has 0 saturated carbocycles. The van der Waals surface area contributed by atoms with Gasteiger partial charge in [-0.15, -0.1) is 0 Å². The first-order valence-corrected chi connectivity index (χ1v) is 7.13. The van der Waals surface area contributed by atoms with Gasteiger partial charge in [0.1, 0.15) is 5.92 Å². The summed E-state index contributed by atoms with van der Waals surface area (Å²) in [5.41, 5.74) is 2.10. The Labute approximate surface area is 134 Å². The molecular weight excluding hydrogens is 292 g/mol. The number of carboxylic acid groups (broad SMARTS) is 1. The number of aliphatic carboxylic acids is 1. The molecule has 0 aliphatic carbocycles. The van der Waals surface area contributed by atoms with Crippen LogP contribution < -0.4 is 5.32 Å². The molecule has 5 heteroatoms. The van der Waals surface area contributed by atoms with Crippen LogP contribution in [0.5, 0.6) is 0 Å². The van der Waals surface area contributed by atoms with Crippen LogP contribution in [0.4, 0.5) is 0 Å². The van der Waals surface area contributed by atoms with Crippen molar-refractivity contribution >= 4 is 11.9 Å². The van der Waals surface area contributed by atoms with Gasteiger partial charge in [0.05, 0.1) is 11.6 Å². The van der Waals surface area contributed by atoms with Crippen LogP contribution in [-0.2, 0) is 22.6 Å². The summed E-state index contributed by atoms with van der Waals surface area (Å²) in [4.78, 5) is 23.5. The molecule has 2 rings (SSSR count). The predicted molar refractivity (Wildman–Crippen MR) is 84.3 cm³/mol. The second-order valence-electron chi connectivity index (χ2n) is 5.11. The Morgan fingerprint density at radius 3 is 2.26 bits per heavy atom. The highest BCUT2D eigenvalue weighted by atomic mass is 16.4. The number of rotatable bonds is 6. The Hall–Kier alpha value is -3.13. The van der Waals surface area contributed by atoms with E-state index in [4.69, 9.17) is 5.26 Å². The van der Waals surface area contributed by atoms with Gasteiger partial charge in [-0.05, 0) is 29.7 Å². The predicted octanol–water partition coefficient (Wildman–Crippen LogP) is 2.12. The van der Waals surface area contributed by atoms with Gasteiger partial charge < -0.3 is 10.4 Å². The molecule has 23 heavy (non-hydrogen) atoms. The highest BCUT2D eigenvalue weighted by molar-refractivity contribution is 5.97. The van der Waals surface area contributed by atoms with E-state index in [1.807, 2.05) is 36.4 Å². The molecule has 0 saturated heterocycles. The minimum Gasteiger partial charge on any atom is -0.481 e. The lowest BCUT2D eigenvalue weighted by atomic mass is 9.97. The van der Waals surface area contributed by atoms with Crippen LogP contribution in [0.1, 0.15) is 16.7 Å². The molecule has 1 amide bonds. The second kappa shape index (κ2) is 7.76. The number of benzene rings is 2. The first-order chi connectivity index (χ1) is 11.1. The molecule has 0 heterocycles. The minimum atomic E-state index is -1.17. The van der Waals surface area contributed by atoms with Gasteiger partial charge in [0.25, 0.3) is 0 Å². The number of nitrogens with zero attached hydrogens (tertiary/aromatic N) is 1. The fourth-order valence-corrected chi connectivity index (χ4v) is 2.15. The summed E-state index contributed by atoms with van der Waals surface area (Å²) < 4.78 is 0. The highest BCUT2D eigenvalue weighted by Gasteiger charge is 2.26. The number of hydrogen-bond acceptors (Lipinski definition) is 3. The van der Waals surface area contributed by atoms with Crippen LogP contribution in [0, 0.1) is 17.2 Å². The third kappa shape index (κ3) is 4.68. The van der Waals surface area contributed by atoms with Crippen molar-refractivity contribution in [3.63, 3.8) is 0 Å². The smallest absolute Gasteiger partial charge is 0.316 e. The SMILES string of the molecule is N#Cc1ccc(C[C@@H](C(=O)O)C(=O)NCc2ccccc2)cc1. The summed E-state index contributed by atoms with van der Waals surface area (Å²) in [5.74, 6) is -2.85. The van der Waals surface area contributed by atoms with Gasteiger partial charge in [-0.3, -0.25) is 9.59 Å². The van der Waals surface area contributed by atoms with Crippen molar-refractivity contribution in [2.45, 2.75) is 13.0 Å². The van der Waals surface area contributed by atoms with Crippen molar-refractivity contribution in [1.82, 2.24) is 5.32 Å². The summed E-state index contributed by atoms with van der Waals surface area (Å²) in [5, 5.41) is 20.7. The van der Waals surface area contributed by atoms with Gasteiger partial charge in [-0.25, -0.2) is 0 Å². The average Bonchev–Trinajstić information content (AvgIpc) is 2.58.